The highest BCUT2D eigenvalue weighted by Crippen LogP contribution is 2.23. The summed E-state index contributed by atoms with van der Waals surface area (Å²) in [4.78, 5) is 0. The Bertz CT molecular complexity index is 127. The Morgan fingerprint density at radius 1 is 1.70 bits per heavy atom. The molecule has 4 heteroatoms. The van der Waals surface area contributed by atoms with E-state index in [1.54, 1.807) is 6.92 Å². The third-order valence-corrected chi connectivity index (χ3v) is 1.87. The summed E-state index contributed by atoms with van der Waals surface area (Å²) >= 11 is 0. The van der Waals surface area contributed by atoms with E-state index in [0.29, 0.717) is 0 Å². The molecule has 1 saturated heterocycles. The largest absolute Gasteiger partial charge is 0.393 e. The van der Waals surface area contributed by atoms with Crippen molar-refractivity contribution in [3.05, 3.63) is 0 Å². The maximum atomic E-state index is 9.31. The maximum absolute atomic E-state index is 9.31. The van der Waals surface area contributed by atoms with Gasteiger partial charge in [0.2, 0.25) is 0 Å². The van der Waals surface area contributed by atoms with Crippen molar-refractivity contribution in [1.82, 2.24) is 0 Å². The van der Waals surface area contributed by atoms with E-state index in [4.69, 9.17) is 9.84 Å². The molecule has 10 heavy (non-hydrogen) atoms. The quantitative estimate of drug-likeness (QED) is 0.423. The Morgan fingerprint density at radius 3 is 2.50 bits per heavy atom. The Labute approximate surface area is 59.1 Å². The smallest absolute Gasteiger partial charge is 0.139 e. The summed E-state index contributed by atoms with van der Waals surface area (Å²) in [6, 6.07) is 0. The van der Waals surface area contributed by atoms with E-state index < -0.39 is 24.4 Å². The highest BCUT2D eigenvalue weighted by molar-refractivity contribution is 4.94. The minimum absolute atomic E-state index is 0.00579. The van der Waals surface area contributed by atoms with E-state index in [2.05, 4.69) is 0 Å². The van der Waals surface area contributed by atoms with Gasteiger partial charge in [-0.15, -0.1) is 0 Å². The average molecular weight is 148 g/mol. The number of hydrogen-bond donors (Lipinski definition) is 3. The van der Waals surface area contributed by atoms with Gasteiger partial charge in [-0.3, -0.25) is 0 Å². The first-order valence-electron chi connectivity index (χ1n) is 3.23. The second-order valence-electron chi connectivity index (χ2n) is 2.72. The summed E-state index contributed by atoms with van der Waals surface area (Å²) < 4.78 is 4.91. The maximum Gasteiger partial charge on any atom is 0.139 e. The molecule has 0 amide bonds. The first-order valence-corrected chi connectivity index (χ1v) is 3.23. The van der Waals surface area contributed by atoms with Crippen LogP contribution in [0.5, 0.6) is 0 Å². The van der Waals surface area contributed by atoms with Crippen molar-refractivity contribution < 1.29 is 20.1 Å². The van der Waals surface area contributed by atoms with Gasteiger partial charge in [0.25, 0.3) is 0 Å². The zero-order valence-corrected chi connectivity index (χ0v) is 5.82. The fourth-order valence-corrected chi connectivity index (χ4v) is 1.03. The molecule has 0 aliphatic carbocycles. The predicted octanol–water partition coefficient (Wildman–Crippen LogP) is -1.51. The summed E-state index contributed by atoms with van der Waals surface area (Å²) in [5, 5.41) is 27.1. The average Bonchev–Trinajstić information content (AvgIpc) is 2.19. The molecule has 3 atom stereocenters. The first kappa shape index (κ1) is 7.94. The lowest BCUT2D eigenvalue weighted by Gasteiger charge is -2.22. The van der Waals surface area contributed by atoms with Crippen molar-refractivity contribution in [3.8, 4) is 0 Å². The minimum Gasteiger partial charge on any atom is -0.393 e. The Morgan fingerprint density at radius 2 is 2.30 bits per heavy atom. The topological polar surface area (TPSA) is 69.9 Å². The monoisotopic (exact) mass is 148 g/mol. The van der Waals surface area contributed by atoms with E-state index in [9.17, 15) is 10.2 Å². The van der Waals surface area contributed by atoms with Gasteiger partial charge in [-0.1, -0.05) is 0 Å². The molecule has 0 aromatic rings. The van der Waals surface area contributed by atoms with Crippen LogP contribution in [0.25, 0.3) is 0 Å². The number of hydrogen-bond acceptors (Lipinski definition) is 4. The first-order chi connectivity index (χ1) is 4.60. The molecular formula is C6H12O4. The van der Waals surface area contributed by atoms with Crippen LogP contribution < -0.4 is 0 Å². The Kier molecular flexibility index (Phi) is 1.96. The molecule has 0 spiro atoms. The van der Waals surface area contributed by atoms with E-state index in [-0.39, 0.29) is 6.61 Å². The van der Waals surface area contributed by atoms with Crippen LogP contribution in [0.3, 0.4) is 0 Å². The zero-order valence-electron chi connectivity index (χ0n) is 5.82. The SMILES string of the molecule is C[C@@H]1OC[C@](O)(CO)C1O. The lowest BCUT2D eigenvalue weighted by Crippen LogP contribution is -2.46. The molecule has 0 saturated carbocycles. The molecule has 0 radical (unpaired) electrons. The molecule has 1 rings (SSSR count). The number of aliphatic hydroxyl groups is 3. The van der Waals surface area contributed by atoms with Gasteiger partial charge in [-0.05, 0) is 6.92 Å². The molecule has 0 bridgehead atoms. The van der Waals surface area contributed by atoms with Crippen LogP contribution in [0, 0.1) is 0 Å². The highest BCUT2D eigenvalue weighted by atomic mass is 16.5. The minimum atomic E-state index is -1.45. The van der Waals surface area contributed by atoms with E-state index >= 15 is 0 Å². The van der Waals surface area contributed by atoms with Gasteiger partial charge in [0.15, 0.2) is 0 Å². The van der Waals surface area contributed by atoms with Gasteiger partial charge in [-0.2, -0.15) is 0 Å². The normalized spacial score (nSPS) is 48.0. The van der Waals surface area contributed by atoms with Crippen LogP contribution in [0.1, 0.15) is 6.92 Å². The fraction of sp³-hybridized carbons (Fsp3) is 1.00. The zero-order chi connectivity index (χ0) is 7.78. The van der Waals surface area contributed by atoms with Crippen LogP contribution in [-0.2, 0) is 4.74 Å². The summed E-state index contributed by atoms with van der Waals surface area (Å²) in [6.45, 7) is 1.20. The van der Waals surface area contributed by atoms with Gasteiger partial charge >= 0.3 is 0 Å². The Hall–Kier alpha value is -0.160. The second kappa shape index (κ2) is 2.47. The van der Waals surface area contributed by atoms with Crippen molar-refractivity contribution in [2.75, 3.05) is 13.2 Å². The molecule has 0 aromatic heterocycles. The molecule has 3 N–H and O–H groups in total. The molecule has 1 heterocycles. The van der Waals surface area contributed by atoms with E-state index in [1.165, 1.54) is 0 Å². The van der Waals surface area contributed by atoms with Crippen molar-refractivity contribution in [2.45, 2.75) is 24.7 Å². The third kappa shape index (κ3) is 1.03. The van der Waals surface area contributed by atoms with Crippen LogP contribution in [0.2, 0.25) is 0 Å². The van der Waals surface area contributed by atoms with Gasteiger partial charge in [-0.25, -0.2) is 0 Å². The Balaban J connectivity index is 2.64. The standard InChI is InChI=1S/C6H12O4/c1-4-5(8)6(9,2-7)3-10-4/h4-5,7-9H,2-3H2,1H3/t4-,5?,6+/m0/s1. The molecule has 1 fully saturated rings. The van der Waals surface area contributed by atoms with Crippen molar-refractivity contribution in [3.63, 3.8) is 0 Å². The van der Waals surface area contributed by atoms with Gasteiger partial charge in [0.05, 0.1) is 19.3 Å². The van der Waals surface area contributed by atoms with E-state index in [0.717, 1.165) is 0 Å². The highest BCUT2D eigenvalue weighted by Gasteiger charge is 2.45. The molecule has 1 aliphatic heterocycles. The van der Waals surface area contributed by atoms with Crippen LogP contribution in [0.4, 0.5) is 0 Å². The van der Waals surface area contributed by atoms with Gasteiger partial charge in [0.1, 0.15) is 11.7 Å². The molecular weight excluding hydrogens is 136 g/mol. The predicted molar refractivity (Wildman–Crippen MR) is 33.5 cm³/mol. The lowest BCUT2D eigenvalue weighted by atomic mass is 9.99. The number of aliphatic hydroxyl groups excluding tert-OH is 2. The molecule has 4 nitrogen and oxygen atoms in total. The number of rotatable bonds is 1. The van der Waals surface area contributed by atoms with Gasteiger partial charge in [0, 0.05) is 0 Å². The van der Waals surface area contributed by atoms with E-state index in [1.807, 2.05) is 0 Å². The van der Waals surface area contributed by atoms with Gasteiger partial charge < -0.3 is 20.1 Å². The third-order valence-electron chi connectivity index (χ3n) is 1.87. The summed E-state index contributed by atoms with van der Waals surface area (Å²) in [5.74, 6) is 0. The molecule has 60 valence electrons. The second-order valence-corrected chi connectivity index (χ2v) is 2.72. The molecule has 0 aromatic carbocycles. The van der Waals surface area contributed by atoms with Crippen molar-refractivity contribution in [1.29, 1.82) is 0 Å². The lowest BCUT2D eigenvalue weighted by molar-refractivity contribution is -0.0805. The van der Waals surface area contributed by atoms with Crippen molar-refractivity contribution in [2.24, 2.45) is 0 Å². The van der Waals surface area contributed by atoms with Crippen molar-refractivity contribution >= 4 is 0 Å². The molecule has 1 aliphatic rings. The number of ether oxygens (including phenoxy) is 1. The molecule has 1 unspecified atom stereocenters. The fourth-order valence-electron chi connectivity index (χ4n) is 1.03. The van der Waals surface area contributed by atoms with Crippen LogP contribution in [0.15, 0.2) is 0 Å². The summed E-state index contributed by atoms with van der Waals surface area (Å²) in [5.41, 5.74) is -1.45. The van der Waals surface area contributed by atoms with Crippen LogP contribution >= 0.6 is 0 Å². The van der Waals surface area contributed by atoms with Crippen LogP contribution in [-0.4, -0.2) is 46.3 Å². The summed E-state index contributed by atoms with van der Waals surface area (Å²) in [7, 11) is 0. The summed E-state index contributed by atoms with van der Waals surface area (Å²) in [6.07, 6.45) is -1.37.